The van der Waals surface area contributed by atoms with E-state index in [-0.39, 0.29) is 0 Å². The molecular formula is C29H37NO4Si. The Morgan fingerprint density at radius 3 is 2.29 bits per heavy atom. The average molecular weight is 492 g/mol. The molecule has 0 amide bonds. The Labute approximate surface area is 209 Å². The van der Waals surface area contributed by atoms with Crippen LogP contribution in [-0.2, 0) is 24.2 Å². The van der Waals surface area contributed by atoms with Crippen LogP contribution in [0.3, 0.4) is 0 Å². The third-order valence-corrected chi connectivity index (χ3v) is 9.30. The van der Waals surface area contributed by atoms with Crippen molar-refractivity contribution in [2.75, 3.05) is 12.8 Å². The molecule has 0 aliphatic heterocycles. The van der Waals surface area contributed by atoms with E-state index < -0.39 is 20.0 Å². The van der Waals surface area contributed by atoms with E-state index in [1.54, 1.807) is 19.1 Å². The first-order valence-electron chi connectivity index (χ1n) is 12.3. The maximum atomic E-state index is 11.5. The summed E-state index contributed by atoms with van der Waals surface area (Å²) in [6.45, 7) is 10.1. The molecular weight excluding hydrogens is 454 g/mol. The smallest absolute Gasteiger partial charge is 0.310 e. The first-order valence-corrected chi connectivity index (χ1v) is 15.5. The van der Waals surface area contributed by atoms with Crippen molar-refractivity contribution in [3.05, 3.63) is 89.0 Å². The second-order valence-electron chi connectivity index (χ2n) is 9.70. The highest BCUT2D eigenvalue weighted by Gasteiger charge is 2.26. The number of carboxylic acids is 1. The SMILES string of the molecule is CCc1c(OC[Si](C)(C)c2ccc(CNCCc3ccc(O)cc3)cc2)cccc1C(C)C(=O)O. The number of phenolic OH excluding ortho intramolecular Hbond substituents is 1. The number of benzene rings is 3. The zero-order valence-electron chi connectivity index (χ0n) is 21.2. The fraction of sp³-hybridized carbons (Fsp3) is 0.345. The number of phenols is 1. The highest BCUT2D eigenvalue weighted by atomic mass is 28.3. The molecule has 3 N–H and O–H groups in total. The van der Waals surface area contributed by atoms with Crippen LogP contribution in [0.2, 0.25) is 13.1 Å². The normalized spacial score (nSPS) is 12.3. The first-order chi connectivity index (χ1) is 16.7. The molecule has 0 spiro atoms. The number of rotatable bonds is 12. The Kier molecular flexibility index (Phi) is 9.12. The van der Waals surface area contributed by atoms with Crippen LogP contribution in [0.1, 0.15) is 42.0 Å². The lowest BCUT2D eigenvalue weighted by Crippen LogP contribution is -2.47. The minimum Gasteiger partial charge on any atom is -0.508 e. The van der Waals surface area contributed by atoms with Gasteiger partial charge in [-0.1, -0.05) is 73.7 Å². The highest BCUT2D eigenvalue weighted by molar-refractivity contribution is 6.89. The molecule has 0 radical (unpaired) electrons. The van der Waals surface area contributed by atoms with Crippen molar-refractivity contribution in [3.63, 3.8) is 0 Å². The molecule has 6 heteroatoms. The predicted molar refractivity (Wildman–Crippen MR) is 144 cm³/mol. The molecule has 0 saturated carbocycles. The molecule has 0 bridgehead atoms. The zero-order chi connectivity index (χ0) is 25.4. The molecule has 35 heavy (non-hydrogen) atoms. The van der Waals surface area contributed by atoms with Gasteiger partial charge in [0.15, 0.2) is 0 Å². The second-order valence-corrected chi connectivity index (χ2v) is 14.3. The van der Waals surface area contributed by atoms with Crippen LogP contribution in [0.15, 0.2) is 66.7 Å². The van der Waals surface area contributed by atoms with E-state index in [9.17, 15) is 15.0 Å². The van der Waals surface area contributed by atoms with Crippen LogP contribution in [-0.4, -0.2) is 37.0 Å². The number of hydrogen-bond donors (Lipinski definition) is 3. The quantitative estimate of drug-likeness (QED) is 0.245. The monoisotopic (exact) mass is 491 g/mol. The molecule has 3 rings (SSSR count). The third kappa shape index (κ3) is 7.20. The van der Waals surface area contributed by atoms with Crippen molar-refractivity contribution in [1.82, 2.24) is 5.32 Å². The van der Waals surface area contributed by atoms with Gasteiger partial charge in [-0.15, -0.1) is 0 Å². The summed E-state index contributed by atoms with van der Waals surface area (Å²) in [4.78, 5) is 11.5. The number of aromatic hydroxyl groups is 1. The third-order valence-electron chi connectivity index (χ3n) is 6.54. The number of ether oxygens (including phenoxy) is 1. The zero-order valence-corrected chi connectivity index (χ0v) is 22.2. The average Bonchev–Trinajstić information content (AvgIpc) is 2.86. The van der Waals surface area contributed by atoms with Gasteiger partial charge in [-0.2, -0.15) is 0 Å². The van der Waals surface area contributed by atoms with Gasteiger partial charge in [-0.05, 0) is 66.8 Å². The van der Waals surface area contributed by atoms with E-state index in [1.807, 2.05) is 37.3 Å². The molecule has 0 heterocycles. The summed E-state index contributed by atoms with van der Waals surface area (Å²) < 4.78 is 6.32. The minimum atomic E-state index is -1.85. The van der Waals surface area contributed by atoms with Crippen molar-refractivity contribution in [1.29, 1.82) is 0 Å². The fourth-order valence-electron chi connectivity index (χ4n) is 4.18. The number of carbonyl (C=O) groups is 1. The molecule has 1 atom stereocenters. The maximum absolute atomic E-state index is 11.5. The van der Waals surface area contributed by atoms with Crippen LogP contribution in [0.4, 0.5) is 0 Å². The Morgan fingerprint density at radius 1 is 1.00 bits per heavy atom. The molecule has 3 aromatic rings. The highest BCUT2D eigenvalue weighted by Crippen LogP contribution is 2.29. The topological polar surface area (TPSA) is 78.8 Å². The van der Waals surface area contributed by atoms with Crippen molar-refractivity contribution < 1.29 is 19.7 Å². The lowest BCUT2D eigenvalue weighted by Gasteiger charge is -2.25. The van der Waals surface area contributed by atoms with Gasteiger partial charge in [-0.25, -0.2) is 0 Å². The second kappa shape index (κ2) is 12.0. The lowest BCUT2D eigenvalue weighted by molar-refractivity contribution is -0.138. The lowest BCUT2D eigenvalue weighted by atomic mass is 9.94. The van der Waals surface area contributed by atoms with Crippen molar-refractivity contribution in [2.45, 2.75) is 52.2 Å². The van der Waals surface area contributed by atoms with E-state index in [1.165, 1.54) is 16.3 Å². The Bertz CT molecular complexity index is 1110. The fourth-order valence-corrected chi connectivity index (χ4v) is 5.93. The molecule has 1 unspecified atom stereocenters. The van der Waals surface area contributed by atoms with E-state index in [0.29, 0.717) is 12.0 Å². The summed E-state index contributed by atoms with van der Waals surface area (Å²) in [5, 5.41) is 23.7. The summed E-state index contributed by atoms with van der Waals surface area (Å²) in [6, 6.07) is 21.9. The molecule has 0 fully saturated rings. The van der Waals surface area contributed by atoms with Crippen LogP contribution in [0.5, 0.6) is 11.5 Å². The van der Waals surface area contributed by atoms with Crippen LogP contribution < -0.4 is 15.2 Å². The molecule has 0 aliphatic rings. The molecule has 186 valence electrons. The number of aliphatic carboxylic acids is 1. The number of hydrogen-bond acceptors (Lipinski definition) is 4. The van der Waals surface area contributed by atoms with Crippen molar-refractivity contribution in [3.8, 4) is 11.5 Å². The summed E-state index contributed by atoms with van der Waals surface area (Å²) in [6.07, 6.45) is 2.29. The van der Waals surface area contributed by atoms with Gasteiger partial charge in [0.1, 0.15) is 19.6 Å². The summed E-state index contributed by atoms with van der Waals surface area (Å²) in [5.41, 5.74) is 4.27. The minimum absolute atomic E-state index is 0.297. The van der Waals surface area contributed by atoms with Gasteiger partial charge in [-0.3, -0.25) is 4.79 Å². The number of carboxylic acid groups (broad SMARTS) is 1. The van der Waals surface area contributed by atoms with Crippen LogP contribution >= 0.6 is 0 Å². The molecule has 0 aliphatic carbocycles. The standard InChI is InChI=1S/C29H37NO4Si/c1-5-26-27(21(2)29(32)33)7-6-8-28(26)34-20-35(3,4)25-15-11-23(12-16-25)19-30-18-17-22-9-13-24(31)14-10-22/h6-16,21,30-31H,5,17-20H2,1-4H3,(H,32,33). The van der Waals surface area contributed by atoms with E-state index >= 15 is 0 Å². The Hall–Kier alpha value is -3.09. The van der Waals surface area contributed by atoms with E-state index in [2.05, 4.69) is 42.7 Å². The van der Waals surface area contributed by atoms with Gasteiger partial charge in [0, 0.05) is 6.54 Å². The molecule has 3 aromatic carbocycles. The molecule has 5 nitrogen and oxygen atoms in total. The number of nitrogens with one attached hydrogen (secondary N) is 1. The van der Waals surface area contributed by atoms with Gasteiger partial charge in [0.05, 0.1) is 12.1 Å². The van der Waals surface area contributed by atoms with Crippen LogP contribution in [0, 0.1) is 0 Å². The van der Waals surface area contributed by atoms with E-state index in [4.69, 9.17) is 4.74 Å². The van der Waals surface area contributed by atoms with E-state index in [0.717, 1.165) is 42.8 Å². The Morgan fingerprint density at radius 2 is 1.66 bits per heavy atom. The summed E-state index contributed by atoms with van der Waals surface area (Å²) in [5.74, 6) is -0.276. The summed E-state index contributed by atoms with van der Waals surface area (Å²) in [7, 11) is -1.85. The van der Waals surface area contributed by atoms with Crippen molar-refractivity contribution in [2.24, 2.45) is 0 Å². The van der Waals surface area contributed by atoms with Gasteiger partial charge in [0.2, 0.25) is 0 Å². The van der Waals surface area contributed by atoms with Crippen LogP contribution in [0.25, 0.3) is 0 Å². The molecule has 0 saturated heterocycles. The predicted octanol–water partition coefficient (Wildman–Crippen LogP) is 5.01. The maximum Gasteiger partial charge on any atom is 0.310 e. The van der Waals surface area contributed by atoms with Gasteiger partial charge in [0.25, 0.3) is 0 Å². The summed E-state index contributed by atoms with van der Waals surface area (Å²) >= 11 is 0. The van der Waals surface area contributed by atoms with Crippen molar-refractivity contribution >= 4 is 19.2 Å². The van der Waals surface area contributed by atoms with Gasteiger partial charge < -0.3 is 20.3 Å². The van der Waals surface area contributed by atoms with Gasteiger partial charge >= 0.3 is 5.97 Å². The molecule has 0 aromatic heterocycles. The largest absolute Gasteiger partial charge is 0.508 e. The first kappa shape index (κ1) is 26.5. The Balaban J connectivity index is 1.56.